The highest BCUT2D eigenvalue weighted by molar-refractivity contribution is 6.42. The summed E-state index contributed by atoms with van der Waals surface area (Å²) in [6.45, 7) is 5.65. The molecule has 0 aromatic heterocycles. The molecule has 0 saturated carbocycles. The molecule has 0 saturated heterocycles. The third kappa shape index (κ3) is 5.52. The normalized spacial score (nSPS) is 9.44. The largest absolute Gasteiger partial charge is 0.481 e. The van der Waals surface area contributed by atoms with Gasteiger partial charge in [-0.25, -0.2) is 0 Å². The lowest BCUT2D eigenvalue weighted by Gasteiger charge is -2.01. The van der Waals surface area contributed by atoms with Crippen molar-refractivity contribution in [1.82, 2.24) is 0 Å². The molecule has 53 valence electrons. The molecule has 0 unspecified atom stereocenters. The first-order valence-corrected chi connectivity index (χ1v) is 4.54. The van der Waals surface area contributed by atoms with Crippen LogP contribution in [0.2, 0.25) is 6.55 Å². The van der Waals surface area contributed by atoms with Crippen LogP contribution in [-0.4, -0.2) is 22.1 Å². The van der Waals surface area contributed by atoms with Gasteiger partial charge in [-0.2, -0.15) is 0 Å². The van der Waals surface area contributed by atoms with E-state index in [1.54, 1.807) is 7.11 Å². The van der Waals surface area contributed by atoms with Crippen molar-refractivity contribution in [3.63, 3.8) is 0 Å². The van der Waals surface area contributed by atoms with E-state index in [4.69, 9.17) is 8.95 Å². The molecule has 0 spiro atoms. The van der Waals surface area contributed by atoms with Gasteiger partial charge in [0.2, 0.25) is 0 Å². The topological polar surface area (TPSA) is 30.8 Å². The standard InChI is InChI=1S/C5H12NO2Si/c1-5(2)6-8-9(4)7-3/h1-4H3. The lowest BCUT2D eigenvalue weighted by molar-refractivity contribution is 0.246. The lowest BCUT2D eigenvalue weighted by atomic mass is 10.5. The SMILES string of the molecule is CO[Si](C)ON=C(C)C. The first-order valence-electron chi connectivity index (χ1n) is 2.72. The predicted molar refractivity (Wildman–Crippen MR) is 38.5 cm³/mol. The Hall–Kier alpha value is -0.353. The molecule has 0 aliphatic heterocycles. The highest BCUT2D eigenvalue weighted by Crippen LogP contribution is 1.86. The molecule has 4 heteroatoms. The van der Waals surface area contributed by atoms with Gasteiger partial charge in [0.25, 0.3) is 0 Å². The van der Waals surface area contributed by atoms with E-state index in [0.717, 1.165) is 5.71 Å². The van der Waals surface area contributed by atoms with Crippen molar-refractivity contribution in [3.05, 3.63) is 0 Å². The second-order valence-corrected chi connectivity index (χ2v) is 3.40. The first kappa shape index (κ1) is 8.65. The van der Waals surface area contributed by atoms with Gasteiger partial charge in [-0.15, -0.1) is 5.16 Å². The van der Waals surface area contributed by atoms with Crippen molar-refractivity contribution in [2.24, 2.45) is 5.16 Å². The van der Waals surface area contributed by atoms with Crippen molar-refractivity contribution >= 4 is 15.0 Å². The van der Waals surface area contributed by atoms with Crippen LogP contribution in [-0.2, 0) is 8.95 Å². The van der Waals surface area contributed by atoms with E-state index in [1.165, 1.54) is 0 Å². The van der Waals surface area contributed by atoms with E-state index in [1.807, 2.05) is 20.4 Å². The number of hydrogen-bond acceptors (Lipinski definition) is 3. The van der Waals surface area contributed by atoms with Gasteiger partial charge in [-0.1, -0.05) is 0 Å². The Morgan fingerprint density at radius 3 is 2.33 bits per heavy atom. The van der Waals surface area contributed by atoms with Crippen LogP contribution in [0.15, 0.2) is 5.16 Å². The Labute approximate surface area is 57.5 Å². The Bertz CT molecular complexity index is 101. The average Bonchev–Trinajstić information content (AvgIpc) is 1.83. The van der Waals surface area contributed by atoms with Crippen LogP contribution >= 0.6 is 0 Å². The molecule has 0 fully saturated rings. The Morgan fingerprint density at radius 2 is 2.00 bits per heavy atom. The molecule has 0 heterocycles. The van der Waals surface area contributed by atoms with Gasteiger partial charge >= 0.3 is 9.28 Å². The van der Waals surface area contributed by atoms with Crippen LogP contribution in [0.4, 0.5) is 0 Å². The molecule has 0 rings (SSSR count). The van der Waals surface area contributed by atoms with Gasteiger partial charge in [-0.05, 0) is 20.4 Å². The molecule has 0 aliphatic carbocycles. The van der Waals surface area contributed by atoms with E-state index in [-0.39, 0.29) is 0 Å². The Kier molecular flexibility index (Phi) is 4.34. The van der Waals surface area contributed by atoms with Gasteiger partial charge in [-0.3, -0.25) is 0 Å². The molecule has 0 aliphatic rings. The zero-order valence-corrected chi connectivity index (χ0v) is 7.26. The van der Waals surface area contributed by atoms with Gasteiger partial charge in [0, 0.05) is 12.8 Å². The molecule has 0 atom stereocenters. The van der Waals surface area contributed by atoms with Crippen LogP contribution in [0.25, 0.3) is 0 Å². The highest BCUT2D eigenvalue weighted by atomic mass is 28.3. The second-order valence-electron chi connectivity index (χ2n) is 1.83. The van der Waals surface area contributed by atoms with Gasteiger partial charge in [0.15, 0.2) is 0 Å². The summed E-state index contributed by atoms with van der Waals surface area (Å²) in [5.41, 5.74) is 0.913. The van der Waals surface area contributed by atoms with Gasteiger partial charge < -0.3 is 8.95 Å². The smallest absolute Gasteiger partial charge is 0.417 e. The van der Waals surface area contributed by atoms with Gasteiger partial charge in [0.1, 0.15) is 0 Å². The fraction of sp³-hybridized carbons (Fsp3) is 0.800. The third-order valence-electron chi connectivity index (χ3n) is 0.644. The molecule has 0 amide bonds. The van der Waals surface area contributed by atoms with Crippen LogP contribution in [0.1, 0.15) is 13.8 Å². The zero-order chi connectivity index (χ0) is 7.28. The monoisotopic (exact) mass is 146 g/mol. The second kappa shape index (κ2) is 4.52. The summed E-state index contributed by atoms with van der Waals surface area (Å²) in [5, 5.41) is 3.73. The highest BCUT2D eigenvalue weighted by Gasteiger charge is 2.04. The summed E-state index contributed by atoms with van der Waals surface area (Å²) in [7, 11) is 0.508. The van der Waals surface area contributed by atoms with E-state index in [0.29, 0.717) is 0 Å². The minimum Gasteiger partial charge on any atom is -0.417 e. The number of oxime groups is 1. The van der Waals surface area contributed by atoms with E-state index in [2.05, 4.69) is 5.16 Å². The summed E-state index contributed by atoms with van der Waals surface area (Å²) >= 11 is 0. The van der Waals surface area contributed by atoms with Crippen molar-refractivity contribution in [2.45, 2.75) is 20.4 Å². The maximum Gasteiger partial charge on any atom is 0.481 e. The summed E-state index contributed by atoms with van der Waals surface area (Å²) < 4.78 is 9.79. The Balaban J connectivity index is 3.37. The van der Waals surface area contributed by atoms with E-state index < -0.39 is 9.28 Å². The maximum absolute atomic E-state index is 4.92. The third-order valence-corrected chi connectivity index (χ3v) is 1.57. The Morgan fingerprint density at radius 1 is 1.44 bits per heavy atom. The van der Waals surface area contributed by atoms with Gasteiger partial charge in [0.05, 0.1) is 0 Å². The fourth-order valence-corrected chi connectivity index (χ4v) is 0.578. The summed E-state index contributed by atoms with van der Waals surface area (Å²) in [4.78, 5) is 0. The van der Waals surface area contributed by atoms with E-state index in [9.17, 15) is 0 Å². The summed E-state index contributed by atoms with van der Waals surface area (Å²) in [5.74, 6) is 0. The van der Waals surface area contributed by atoms with Crippen LogP contribution in [0.3, 0.4) is 0 Å². The first-order chi connectivity index (χ1) is 4.16. The summed E-state index contributed by atoms with van der Waals surface area (Å²) in [6, 6.07) is 0. The molecule has 0 aromatic rings. The minimum absolute atomic E-state index is 0.913. The minimum atomic E-state index is -1.11. The quantitative estimate of drug-likeness (QED) is 0.340. The van der Waals surface area contributed by atoms with Crippen molar-refractivity contribution < 1.29 is 8.95 Å². The van der Waals surface area contributed by atoms with Crippen LogP contribution in [0.5, 0.6) is 0 Å². The maximum atomic E-state index is 4.92. The van der Waals surface area contributed by atoms with Crippen molar-refractivity contribution in [2.75, 3.05) is 7.11 Å². The van der Waals surface area contributed by atoms with Crippen LogP contribution in [0, 0.1) is 0 Å². The molecule has 3 nitrogen and oxygen atoms in total. The molecule has 1 radical (unpaired) electrons. The van der Waals surface area contributed by atoms with E-state index >= 15 is 0 Å². The molecular weight excluding hydrogens is 134 g/mol. The lowest BCUT2D eigenvalue weighted by Crippen LogP contribution is -2.12. The fourth-order valence-electron chi connectivity index (χ4n) is 0.193. The molecule has 0 N–H and O–H groups in total. The molecule has 0 bridgehead atoms. The predicted octanol–water partition coefficient (Wildman–Crippen LogP) is 1.16. The van der Waals surface area contributed by atoms with Crippen LogP contribution < -0.4 is 0 Å². The molecule has 9 heavy (non-hydrogen) atoms. The van der Waals surface area contributed by atoms with Crippen molar-refractivity contribution in [1.29, 1.82) is 0 Å². The number of rotatable bonds is 3. The zero-order valence-electron chi connectivity index (χ0n) is 6.26. The number of hydrogen-bond donors (Lipinski definition) is 0. The molecule has 0 aromatic carbocycles. The average molecular weight is 146 g/mol. The van der Waals surface area contributed by atoms with Crippen molar-refractivity contribution in [3.8, 4) is 0 Å². The number of nitrogens with zero attached hydrogens (tertiary/aromatic N) is 1. The summed E-state index contributed by atoms with van der Waals surface area (Å²) in [6.07, 6.45) is 0. The molecular formula is C5H12NO2Si.